The molecule has 0 aromatic carbocycles. The van der Waals surface area contributed by atoms with Crippen molar-refractivity contribution < 1.29 is 4.74 Å². The van der Waals surface area contributed by atoms with Gasteiger partial charge >= 0.3 is 0 Å². The lowest BCUT2D eigenvalue weighted by molar-refractivity contribution is 0.0420. The number of hydrogen-bond donors (Lipinski definition) is 0. The topological polar surface area (TPSA) is 22.1 Å². The summed E-state index contributed by atoms with van der Waals surface area (Å²) in [5.41, 5.74) is 1.18. The minimum atomic E-state index is 0.300. The summed E-state index contributed by atoms with van der Waals surface area (Å²) in [5.74, 6) is 2.82. The summed E-state index contributed by atoms with van der Waals surface area (Å²) >= 11 is 3.59. The third-order valence-corrected chi connectivity index (χ3v) is 5.24. The molecule has 0 saturated heterocycles. The van der Waals surface area contributed by atoms with Gasteiger partial charge in [0.2, 0.25) is 5.88 Å². The molecule has 0 spiro atoms. The van der Waals surface area contributed by atoms with E-state index in [9.17, 15) is 0 Å². The molecule has 1 aliphatic rings. The molecule has 3 heteroatoms. The number of pyridine rings is 1. The molecule has 0 amide bonds. The first-order valence-electron chi connectivity index (χ1n) is 7.26. The maximum atomic E-state index is 6.25. The molecule has 1 aromatic rings. The van der Waals surface area contributed by atoms with Crippen LogP contribution < -0.4 is 4.74 Å². The molecule has 3 unspecified atom stereocenters. The summed E-state index contributed by atoms with van der Waals surface area (Å²) in [6, 6.07) is 2.00. The van der Waals surface area contributed by atoms with Gasteiger partial charge in [-0.15, -0.1) is 0 Å². The summed E-state index contributed by atoms with van der Waals surface area (Å²) in [4.78, 5) is 4.38. The minimum absolute atomic E-state index is 0.300. The molecule has 1 heterocycles. The van der Waals surface area contributed by atoms with E-state index in [1.807, 2.05) is 12.3 Å². The Bertz CT molecular complexity index is 433. The number of nitrogens with zero attached hydrogens (tertiary/aromatic N) is 1. The van der Waals surface area contributed by atoms with Gasteiger partial charge in [0.05, 0.1) is 4.47 Å². The SMILES string of the molecule is Cc1ccnc(OC2CC(C)CCC2C(C)C)c1Br. The van der Waals surface area contributed by atoms with Crippen molar-refractivity contribution in [2.45, 2.75) is 53.1 Å². The Balaban J connectivity index is 2.16. The largest absolute Gasteiger partial charge is 0.473 e. The lowest BCUT2D eigenvalue weighted by Crippen LogP contribution is -2.36. The average Bonchev–Trinajstić information content (AvgIpc) is 2.35. The van der Waals surface area contributed by atoms with Gasteiger partial charge in [0.25, 0.3) is 0 Å². The fraction of sp³-hybridized carbons (Fsp3) is 0.688. The smallest absolute Gasteiger partial charge is 0.228 e. The molecule has 1 saturated carbocycles. The van der Waals surface area contributed by atoms with E-state index in [1.165, 1.54) is 18.4 Å². The van der Waals surface area contributed by atoms with E-state index < -0.39 is 0 Å². The van der Waals surface area contributed by atoms with Crippen LogP contribution in [0.2, 0.25) is 0 Å². The van der Waals surface area contributed by atoms with Crippen LogP contribution in [-0.2, 0) is 0 Å². The molecule has 2 nitrogen and oxygen atoms in total. The lowest BCUT2D eigenvalue weighted by atomic mass is 9.75. The molecule has 2 rings (SSSR count). The van der Waals surface area contributed by atoms with Crippen LogP contribution in [0.15, 0.2) is 16.7 Å². The van der Waals surface area contributed by atoms with Gasteiger partial charge in [-0.3, -0.25) is 0 Å². The Morgan fingerprint density at radius 1 is 1.37 bits per heavy atom. The van der Waals surface area contributed by atoms with Crippen molar-refractivity contribution in [1.82, 2.24) is 4.98 Å². The Kier molecular flexibility index (Phi) is 4.88. The number of rotatable bonds is 3. The second kappa shape index (κ2) is 6.25. The fourth-order valence-electron chi connectivity index (χ4n) is 2.99. The molecule has 1 fully saturated rings. The number of aromatic nitrogens is 1. The van der Waals surface area contributed by atoms with Gasteiger partial charge in [-0.2, -0.15) is 0 Å². The normalized spacial score (nSPS) is 27.6. The van der Waals surface area contributed by atoms with Crippen molar-refractivity contribution in [1.29, 1.82) is 0 Å². The second-order valence-electron chi connectivity index (χ2n) is 6.23. The van der Waals surface area contributed by atoms with Crippen LogP contribution >= 0.6 is 15.9 Å². The van der Waals surface area contributed by atoms with Crippen molar-refractivity contribution in [2.24, 2.45) is 17.8 Å². The van der Waals surface area contributed by atoms with Gasteiger partial charge in [-0.1, -0.05) is 27.2 Å². The van der Waals surface area contributed by atoms with Crippen molar-refractivity contribution in [3.63, 3.8) is 0 Å². The Hall–Kier alpha value is -0.570. The monoisotopic (exact) mass is 325 g/mol. The second-order valence-corrected chi connectivity index (χ2v) is 7.02. The predicted molar refractivity (Wildman–Crippen MR) is 82.4 cm³/mol. The van der Waals surface area contributed by atoms with Gasteiger partial charge < -0.3 is 4.74 Å². The lowest BCUT2D eigenvalue weighted by Gasteiger charge is -2.37. The van der Waals surface area contributed by atoms with Crippen LogP contribution in [0.4, 0.5) is 0 Å². The maximum absolute atomic E-state index is 6.25. The van der Waals surface area contributed by atoms with Crippen molar-refractivity contribution in [2.75, 3.05) is 0 Å². The molecular weight excluding hydrogens is 302 g/mol. The van der Waals surface area contributed by atoms with Crippen molar-refractivity contribution >= 4 is 15.9 Å². The van der Waals surface area contributed by atoms with Crippen LogP contribution in [0.5, 0.6) is 5.88 Å². The van der Waals surface area contributed by atoms with Crippen molar-refractivity contribution in [3.8, 4) is 5.88 Å². The summed E-state index contributed by atoms with van der Waals surface area (Å²) in [6.07, 6.45) is 5.86. The number of ether oxygens (including phenoxy) is 1. The minimum Gasteiger partial charge on any atom is -0.473 e. The summed E-state index contributed by atoms with van der Waals surface area (Å²) in [6.45, 7) is 9.00. The van der Waals surface area contributed by atoms with Gasteiger partial charge in [0.15, 0.2) is 0 Å². The highest BCUT2D eigenvalue weighted by Gasteiger charge is 2.32. The first-order chi connectivity index (χ1) is 8.99. The van der Waals surface area contributed by atoms with Crippen molar-refractivity contribution in [3.05, 3.63) is 22.3 Å². The zero-order valence-electron chi connectivity index (χ0n) is 12.3. The number of hydrogen-bond acceptors (Lipinski definition) is 2. The van der Waals surface area contributed by atoms with Crippen LogP contribution in [0.25, 0.3) is 0 Å². The molecule has 0 N–H and O–H groups in total. The molecule has 0 aliphatic heterocycles. The predicted octanol–water partition coefficient (Wildman–Crippen LogP) is 4.99. The zero-order valence-corrected chi connectivity index (χ0v) is 13.9. The molecule has 1 aliphatic carbocycles. The van der Waals surface area contributed by atoms with E-state index in [0.29, 0.717) is 17.9 Å². The summed E-state index contributed by atoms with van der Waals surface area (Å²) in [7, 11) is 0. The highest BCUT2D eigenvalue weighted by Crippen LogP contribution is 2.37. The summed E-state index contributed by atoms with van der Waals surface area (Å²) in [5, 5.41) is 0. The van der Waals surface area contributed by atoms with E-state index in [1.54, 1.807) is 0 Å². The first-order valence-corrected chi connectivity index (χ1v) is 8.06. The first kappa shape index (κ1) is 14.8. The molecule has 106 valence electrons. The van der Waals surface area contributed by atoms with Gasteiger partial charge in [-0.05, 0) is 65.1 Å². The van der Waals surface area contributed by atoms with Crippen LogP contribution in [0.1, 0.15) is 45.6 Å². The Morgan fingerprint density at radius 2 is 2.11 bits per heavy atom. The Labute approximate surface area is 125 Å². The highest BCUT2D eigenvalue weighted by molar-refractivity contribution is 9.10. The standard InChI is InChI=1S/C16H24BrNO/c1-10(2)13-6-5-11(3)9-14(13)19-16-15(17)12(4)7-8-18-16/h7-8,10-11,13-14H,5-6,9H2,1-4H3. The molecule has 0 radical (unpaired) electrons. The summed E-state index contributed by atoms with van der Waals surface area (Å²) < 4.78 is 7.25. The number of aryl methyl sites for hydroxylation is 1. The third-order valence-electron chi connectivity index (χ3n) is 4.27. The highest BCUT2D eigenvalue weighted by atomic mass is 79.9. The third kappa shape index (κ3) is 3.50. The molecule has 19 heavy (non-hydrogen) atoms. The van der Waals surface area contributed by atoms with Gasteiger partial charge in [0, 0.05) is 6.20 Å². The van der Waals surface area contributed by atoms with E-state index >= 15 is 0 Å². The quantitative estimate of drug-likeness (QED) is 0.780. The van der Waals surface area contributed by atoms with E-state index in [-0.39, 0.29) is 0 Å². The molecule has 1 aromatic heterocycles. The molecule has 3 atom stereocenters. The fourth-order valence-corrected chi connectivity index (χ4v) is 3.32. The van der Waals surface area contributed by atoms with Crippen LogP contribution in [0.3, 0.4) is 0 Å². The van der Waals surface area contributed by atoms with E-state index in [2.05, 4.69) is 48.6 Å². The number of halogens is 1. The van der Waals surface area contributed by atoms with E-state index in [0.717, 1.165) is 22.7 Å². The van der Waals surface area contributed by atoms with Crippen LogP contribution in [0, 0.1) is 24.7 Å². The van der Waals surface area contributed by atoms with Gasteiger partial charge in [-0.25, -0.2) is 4.98 Å². The zero-order chi connectivity index (χ0) is 14.0. The van der Waals surface area contributed by atoms with E-state index in [4.69, 9.17) is 4.74 Å². The molecular formula is C16H24BrNO. The van der Waals surface area contributed by atoms with Gasteiger partial charge in [0.1, 0.15) is 6.10 Å². The maximum Gasteiger partial charge on any atom is 0.228 e. The average molecular weight is 326 g/mol. The Morgan fingerprint density at radius 3 is 2.79 bits per heavy atom. The molecule has 0 bridgehead atoms. The van der Waals surface area contributed by atoms with Crippen LogP contribution in [-0.4, -0.2) is 11.1 Å².